The van der Waals surface area contributed by atoms with Crippen LogP contribution in [0.15, 0.2) is 35.3 Å². The van der Waals surface area contributed by atoms with Crippen LogP contribution in [0.4, 0.5) is 0 Å². The van der Waals surface area contributed by atoms with Gasteiger partial charge in [0.2, 0.25) is 0 Å². The fourth-order valence-corrected chi connectivity index (χ4v) is 2.36. The van der Waals surface area contributed by atoms with E-state index in [4.69, 9.17) is 4.74 Å². The van der Waals surface area contributed by atoms with Crippen molar-refractivity contribution < 1.29 is 9.53 Å². The van der Waals surface area contributed by atoms with Crippen molar-refractivity contribution in [2.75, 3.05) is 6.61 Å². The predicted molar refractivity (Wildman–Crippen MR) is 86.7 cm³/mol. The summed E-state index contributed by atoms with van der Waals surface area (Å²) in [6, 6.07) is 7.37. The number of aromatic amines is 1. The zero-order chi connectivity index (χ0) is 16.6. The number of aromatic nitrogens is 3. The van der Waals surface area contributed by atoms with E-state index in [1.165, 1.54) is 16.1 Å². The first-order valence-electron chi connectivity index (χ1n) is 7.37. The Hall–Kier alpha value is -2.89. The summed E-state index contributed by atoms with van der Waals surface area (Å²) in [6.45, 7) is 6.03. The molecule has 0 aliphatic heterocycles. The van der Waals surface area contributed by atoms with E-state index in [0.717, 1.165) is 11.1 Å². The van der Waals surface area contributed by atoms with Crippen molar-refractivity contribution in [1.29, 1.82) is 0 Å². The molecular weight excluding hydrogens is 294 g/mol. The molecule has 0 radical (unpaired) electrons. The van der Waals surface area contributed by atoms with Gasteiger partial charge in [0, 0.05) is 6.07 Å². The van der Waals surface area contributed by atoms with Crippen molar-refractivity contribution in [2.24, 2.45) is 0 Å². The molecule has 2 aromatic heterocycles. The van der Waals surface area contributed by atoms with Crippen LogP contribution < -0.4 is 5.56 Å². The van der Waals surface area contributed by atoms with Gasteiger partial charge in [-0.1, -0.05) is 12.1 Å². The minimum absolute atomic E-state index is 0.120. The molecule has 0 fully saturated rings. The first-order chi connectivity index (χ1) is 11.0. The first-order valence-corrected chi connectivity index (χ1v) is 7.37. The first kappa shape index (κ1) is 15.0. The number of hydrogen-bond donors (Lipinski definition) is 1. The molecule has 2 heterocycles. The number of benzene rings is 1. The summed E-state index contributed by atoms with van der Waals surface area (Å²) in [6.07, 6.45) is 1.70. The molecule has 3 aromatic rings. The number of carbonyl (C=O) groups excluding carboxylic acids is 1. The lowest BCUT2D eigenvalue weighted by Crippen LogP contribution is -2.10. The number of carbonyl (C=O) groups is 1. The van der Waals surface area contributed by atoms with E-state index in [0.29, 0.717) is 11.2 Å². The third-order valence-electron chi connectivity index (χ3n) is 3.77. The second-order valence-electron chi connectivity index (χ2n) is 5.38. The van der Waals surface area contributed by atoms with Gasteiger partial charge in [0.15, 0.2) is 5.69 Å². The Bertz CT molecular complexity index is 953. The molecule has 0 aliphatic carbocycles. The molecule has 0 aliphatic rings. The third kappa shape index (κ3) is 2.75. The molecule has 0 saturated carbocycles. The van der Waals surface area contributed by atoms with Crippen LogP contribution in [0.3, 0.4) is 0 Å². The zero-order valence-corrected chi connectivity index (χ0v) is 13.2. The molecule has 1 aromatic carbocycles. The molecule has 1 N–H and O–H groups in total. The van der Waals surface area contributed by atoms with E-state index >= 15 is 0 Å². The molecule has 0 saturated heterocycles. The minimum Gasteiger partial charge on any atom is -0.461 e. The SMILES string of the molecule is CCOC(=O)c1cc2c(=O)[nH]c(-c3ccc(C)c(C)c3)cn2n1. The molecule has 0 atom stereocenters. The molecule has 0 unspecified atom stereocenters. The maximum Gasteiger partial charge on any atom is 0.358 e. The van der Waals surface area contributed by atoms with Crippen LogP contribution in [-0.2, 0) is 4.74 Å². The van der Waals surface area contributed by atoms with Gasteiger partial charge in [0.25, 0.3) is 5.56 Å². The van der Waals surface area contributed by atoms with Crippen LogP contribution in [0, 0.1) is 13.8 Å². The van der Waals surface area contributed by atoms with E-state index in [1.54, 1.807) is 13.1 Å². The number of esters is 1. The molecule has 6 nitrogen and oxygen atoms in total. The second kappa shape index (κ2) is 5.72. The van der Waals surface area contributed by atoms with Crippen molar-refractivity contribution in [2.45, 2.75) is 20.8 Å². The van der Waals surface area contributed by atoms with Crippen molar-refractivity contribution in [3.05, 3.63) is 57.6 Å². The molecule has 23 heavy (non-hydrogen) atoms. The van der Waals surface area contributed by atoms with Crippen molar-refractivity contribution >= 4 is 11.5 Å². The highest BCUT2D eigenvalue weighted by atomic mass is 16.5. The van der Waals surface area contributed by atoms with Crippen LogP contribution >= 0.6 is 0 Å². The van der Waals surface area contributed by atoms with Crippen LogP contribution in [0.25, 0.3) is 16.8 Å². The highest BCUT2D eigenvalue weighted by Crippen LogP contribution is 2.19. The zero-order valence-electron chi connectivity index (χ0n) is 13.2. The minimum atomic E-state index is -0.539. The highest BCUT2D eigenvalue weighted by molar-refractivity contribution is 5.88. The van der Waals surface area contributed by atoms with Crippen molar-refractivity contribution in [3.63, 3.8) is 0 Å². The second-order valence-corrected chi connectivity index (χ2v) is 5.38. The Morgan fingerprint density at radius 1 is 1.26 bits per heavy atom. The summed E-state index contributed by atoms with van der Waals surface area (Å²) >= 11 is 0. The van der Waals surface area contributed by atoms with E-state index in [2.05, 4.69) is 10.1 Å². The van der Waals surface area contributed by atoms with Crippen molar-refractivity contribution in [3.8, 4) is 11.3 Å². The predicted octanol–water partition coefficient (Wildman–Crippen LogP) is 2.48. The lowest BCUT2D eigenvalue weighted by molar-refractivity contribution is 0.0519. The largest absolute Gasteiger partial charge is 0.461 e. The maximum absolute atomic E-state index is 12.3. The Morgan fingerprint density at radius 3 is 2.74 bits per heavy atom. The van der Waals surface area contributed by atoms with Crippen LogP contribution in [-0.4, -0.2) is 27.2 Å². The highest BCUT2D eigenvalue weighted by Gasteiger charge is 2.14. The number of H-pyrrole nitrogens is 1. The Labute approximate surface area is 132 Å². The lowest BCUT2D eigenvalue weighted by Gasteiger charge is -2.06. The Morgan fingerprint density at radius 2 is 2.04 bits per heavy atom. The molecule has 0 spiro atoms. The van der Waals surface area contributed by atoms with Crippen LogP contribution in [0.2, 0.25) is 0 Å². The van der Waals surface area contributed by atoms with E-state index in [1.807, 2.05) is 32.0 Å². The normalized spacial score (nSPS) is 10.9. The third-order valence-corrected chi connectivity index (χ3v) is 3.77. The van der Waals surface area contributed by atoms with Gasteiger partial charge < -0.3 is 9.72 Å². The van der Waals surface area contributed by atoms with Gasteiger partial charge in [-0.25, -0.2) is 9.31 Å². The standard InChI is InChI=1S/C17H17N3O3/c1-4-23-17(22)13-8-15-16(21)18-14(9-20(15)19-13)12-6-5-10(2)11(3)7-12/h5-9H,4H2,1-3H3,(H,18,21). The van der Waals surface area contributed by atoms with Gasteiger partial charge >= 0.3 is 5.97 Å². The number of rotatable bonds is 3. The van der Waals surface area contributed by atoms with E-state index < -0.39 is 5.97 Å². The lowest BCUT2D eigenvalue weighted by atomic mass is 10.0. The Kier molecular flexibility index (Phi) is 3.73. The number of aryl methyl sites for hydroxylation is 2. The summed E-state index contributed by atoms with van der Waals surface area (Å²) in [7, 11) is 0. The van der Waals surface area contributed by atoms with Gasteiger partial charge in [-0.15, -0.1) is 0 Å². The summed E-state index contributed by atoms with van der Waals surface area (Å²) in [4.78, 5) is 26.8. The number of nitrogens with one attached hydrogen (secondary N) is 1. The summed E-state index contributed by atoms with van der Waals surface area (Å²) in [5.74, 6) is -0.539. The van der Waals surface area contributed by atoms with Gasteiger partial charge in [0.05, 0.1) is 18.5 Å². The quantitative estimate of drug-likeness (QED) is 0.754. The molecule has 6 heteroatoms. The fourth-order valence-electron chi connectivity index (χ4n) is 2.36. The maximum atomic E-state index is 12.3. The van der Waals surface area contributed by atoms with Crippen molar-refractivity contribution in [1.82, 2.24) is 14.6 Å². The van der Waals surface area contributed by atoms with E-state index in [9.17, 15) is 9.59 Å². The topological polar surface area (TPSA) is 76.5 Å². The van der Waals surface area contributed by atoms with Crippen LogP contribution in [0.1, 0.15) is 28.5 Å². The number of ether oxygens (including phenoxy) is 1. The van der Waals surface area contributed by atoms with Gasteiger partial charge in [-0.2, -0.15) is 5.10 Å². The summed E-state index contributed by atoms with van der Waals surface area (Å²) in [5, 5.41) is 4.14. The molecule has 118 valence electrons. The number of nitrogens with zero attached hydrogens (tertiary/aromatic N) is 2. The summed E-state index contributed by atoms with van der Waals surface area (Å²) in [5.41, 5.74) is 3.97. The number of fused-ring (bicyclic) bond motifs is 1. The van der Waals surface area contributed by atoms with Crippen LogP contribution in [0.5, 0.6) is 0 Å². The van der Waals surface area contributed by atoms with Gasteiger partial charge in [-0.3, -0.25) is 4.79 Å². The molecule has 3 rings (SSSR count). The summed E-state index contributed by atoms with van der Waals surface area (Å²) < 4.78 is 6.33. The fraction of sp³-hybridized carbons (Fsp3) is 0.235. The van der Waals surface area contributed by atoms with E-state index in [-0.39, 0.29) is 17.9 Å². The molecule has 0 amide bonds. The molecule has 0 bridgehead atoms. The average molecular weight is 311 g/mol. The number of hydrogen-bond acceptors (Lipinski definition) is 4. The Balaban J connectivity index is 2.11. The van der Waals surface area contributed by atoms with Gasteiger partial charge in [-0.05, 0) is 43.5 Å². The van der Waals surface area contributed by atoms with Gasteiger partial charge in [0.1, 0.15) is 5.52 Å². The smallest absolute Gasteiger partial charge is 0.358 e. The monoisotopic (exact) mass is 311 g/mol. The average Bonchev–Trinajstić information content (AvgIpc) is 2.95. The molecular formula is C17H17N3O3.